The minimum atomic E-state index is -0.199. The van der Waals surface area contributed by atoms with Gasteiger partial charge in [-0.1, -0.05) is 6.07 Å². The molecule has 2 N–H and O–H groups in total. The van der Waals surface area contributed by atoms with Crippen molar-refractivity contribution < 1.29 is 14.0 Å². The Morgan fingerprint density at radius 3 is 3.05 bits per heavy atom. The van der Waals surface area contributed by atoms with Gasteiger partial charge in [0.25, 0.3) is 0 Å². The quantitative estimate of drug-likeness (QED) is 0.883. The third kappa shape index (κ3) is 3.07. The number of aromatic nitrogens is 2. The molecule has 0 radical (unpaired) electrons. The van der Waals surface area contributed by atoms with E-state index in [0.717, 1.165) is 5.56 Å². The van der Waals surface area contributed by atoms with Crippen LogP contribution in [0.15, 0.2) is 35.1 Å². The summed E-state index contributed by atoms with van der Waals surface area (Å²) in [6, 6.07) is 7.19. The minimum Gasteiger partial charge on any atom is -0.423 e. The number of carbonyl (C=O) groups is 2. The summed E-state index contributed by atoms with van der Waals surface area (Å²) in [5, 5.41) is 13.0. The molecule has 1 aromatic carbocycles. The van der Waals surface area contributed by atoms with Crippen LogP contribution in [0.3, 0.4) is 0 Å². The van der Waals surface area contributed by atoms with Gasteiger partial charge >= 0.3 is 0 Å². The van der Waals surface area contributed by atoms with E-state index in [1.54, 1.807) is 18.2 Å². The first-order valence-corrected chi connectivity index (χ1v) is 6.66. The van der Waals surface area contributed by atoms with E-state index >= 15 is 0 Å². The molecule has 1 aromatic heterocycles. The van der Waals surface area contributed by atoms with E-state index in [4.69, 9.17) is 4.42 Å². The third-order valence-corrected chi connectivity index (χ3v) is 3.37. The molecule has 0 bridgehead atoms. The summed E-state index contributed by atoms with van der Waals surface area (Å²) in [5.41, 5.74) is 1.40. The lowest BCUT2D eigenvalue weighted by Crippen LogP contribution is -2.40. The SMILES string of the molecule is O=C1CCC(C(=O)Nc2cccc(-c3nnco3)c2)CN1. The molecule has 3 rings (SSSR count). The van der Waals surface area contributed by atoms with Crippen molar-refractivity contribution in [3.8, 4) is 11.5 Å². The van der Waals surface area contributed by atoms with Crippen molar-refractivity contribution in [2.45, 2.75) is 12.8 Å². The highest BCUT2D eigenvalue weighted by molar-refractivity contribution is 5.94. The van der Waals surface area contributed by atoms with E-state index < -0.39 is 0 Å². The molecule has 1 atom stereocenters. The molecule has 0 saturated carbocycles. The largest absolute Gasteiger partial charge is 0.423 e. The zero-order valence-corrected chi connectivity index (χ0v) is 11.2. The Morgan fingerprint density at radius 1 is 1.43 bits per heavy atom. The average Bonchev–Trinajstić information content (AvgIpc) is 3.02. The smallest absolute Gasteiger partial charge is 0.247 e. The fourth-order valence-corrected chi connectivity index (χ4v) is 2.23. The van der Waals surface area contributed by atoms with Crippen LogP contribution in [0.4, 0.5) is 5.69 Å². The first kappa shape index (κ1) is 13.3. The molecule has 1 saturated heterocycles. The molecule has 1 unspecified atom stereocenters. The predicted octanol–water partition coefficient (Wildman–Crippen LogP) is 1.20. The summed E-state index contributed by atoms with van der Waals surface area (Å²) < 4.78 is 5.13. The lowest BCUT2D eigenvalue weighted by molar-refractivity contribution is -0.126. The normalized spacial score (nSPS) is 18.1. The van der Waals surface area contributed by atoms with E-state index in [1.807, 2.05) is 6.07 Å². The van der Waals surface area contributed by atoms with Gasteiger partial charge in [-0.25, -0.2) is 0 Å². The van der Waals surface area contributed by atoms with Crippen LogP contribution < -0.4 is 10.6 Å². The molecule has 0 spiro atoms. The first-order chi connectivity index (χ1) is 10.2. The molecular formula is C14H14N4O3. The van der Waals surface area contributed by atoms with Gasteiger partial charge in [0.15, 0.2) is 0 Å². The van der Waals surface area contributed by atoms with E-state index in [9.17, 15) is 9.59 Å². The van der Waals surface area contributed by atoms with Gasteiger partial charge in [-0.3, -0.25) is 9.59 Å². The van der Waals surface area contributed by atoms with Crippen LogP contribution in [-0.4, -0.2) is 28.6 Å². The van der Waals surface area contributed by atoms with Crippen molar-refractivity contribution in [3.63, 3.8) is 0 Å². The van der Waals surface area contributed by atoms with Crippen molar-refractivity contribution in [2.24, 2.45) is 5.92 Å². The summed E-state index contributed by atoms with van der Waals surface area (Å²) in [6.45, 7) is 0.383. The molecule has 2 amide bonds. The summed E-state index contributed by atoms with van der Waals surface area (Å²) in [6.07, 6.45) is 2.21. The molecule has 7 heteroatoms. The second-order valence-corrected chi connectivity index (χ2v) is 4.85. The van der Waals surface area contributed by atoms with E-state index in [2.05, 4.69) is 20.8 Å². The maximum atomic E-state index is 12.2. The Morgan fingerprint density at radius 2 is 2.33 bits per heavy atom. The van der Waals surface area contributed by atoms with Crippen LogP contribution in [0.1, 0.15) is 12.8 Å². The van der Waals surface area contributed by atoms with Crippen molar-refractivity contribution in [1.82, 2.24) is 15.5 Å². The standard InChI is InChI=1S/C14H14N4O3/c19-12-5-4-10(7-15-12)13(20)17-11-3-1-2-9(6-11)14-18-16-8-21-14/h1-3,6,8,10H,4-5,7H2,(H,15,19)(H,17,20). The number of benzene rings is 1. The van der Waals surface area contributed by atoms with Gasteiger partial charge in [-0.15, -0.1) is 10.2 Å². The van der Waals surface area contributed by atoms with Gasteiger partial charge in [-0.2, -0.15) is 0 Å². The number of hydrogen-bond acceptors (Lipinski definition) is 5. The van der Waals surface area contributed by atoms with Crippen LogP contribution >= 0.6 is 0 Å². The van der Waals surface area contributed by atoms with Crippen molar-refractivity contribution in [1.29, 1.82) is 0 Å². The molecule has 2 heterocycles. The van der Waals surface area contributed by atoms with Crippen LogP contribution in [0.2, 0.25) is 0 Å². The molecule has 1 aliphatic rings. The van der Waals surface area contributed by atoms with E-state index in [-0.39, 0.29) is 17.7 Å². The van der Waals surface area contributed by atoms with Gasteiger partial charge in [-0.05, 0) is 24.6 Å². The van der Waals surface area contributed by atoms with Gasteiger partial charge in [0, 0.05) is 24.2 Å². The number of nitrogens with zero attached hydrogens (tertiary/aromatic N) is 2. The first-order valence-electron chi connectivity index (χ1n) is 6.66. The molecular weight excluding hydrogens is 272 g/mol. The minimum absolute atomic E-state index is 0.00237. The highest BCUT2D eigenvalue weighted by Gasteiger charge is 2.24. The number of hydrogen-bond donors (Lipinski definition) is 2. The second-order valence-electron chi connectivity index (χ2n) is 4.85. The lowest BCUT2D eigenvalue weighted by atomic mass is 9.98. The predicted molar refractivity (Wildman–Crippen MR) is 74.1 cm³/mol. The third-order valence-electron chi connectivity index (χ3n) is 3.37. The number of piperidine rings is 1. The van der Waals surface area contributed by atoms with Crippen LogP contribution in [0, 0.1) is 5.92 Å². The number of carbonyl (C=O) groups excluding carboxylic acids is 2. The number of rotatable bonds is 3. The van der Waals surface area contributed by atoms with E-state index in [1.165, 1.54) is 6.39 Å². The zero-order chi connectivity index (χ0) is 14.7. The highest BCUT2D eigenvalue weighted by Crippen LogP contribution is 2.21. The summed E-state index contributed by atoms with van der Waals surface area (Å²) in [7, 11) is 0. The average molecular weight is 286 g/mol. The van der Waals surface area contributed by atoms with Gasteiger partial charge in [0.05, 0.1) is 5.92 Å². The maximum absolute atomic E-state index is 12.2. The second kappa shape index (κ2) is 5.74. The fourth-order valence-electron chi connectivity index (χ4n) is 2.23. The Hall–Kier alpha value is -2.70. The van der Waals surface area contributed by atoms with Crippen molar-refractivity contribution in [3.05, 3.63) is 30.7 Å². The number of amides is 2. The van der Waals surface area contributed by atoms with Gasteiger partial charge < -0.3 is 15.1 Å². The Kier molecular flexibility index (Phi) is 3.63. The zero-order valence-electron chi connectivity index (χ0n) is 11.2. The number of nitrogens with one attached hydrogen (secondary N) is 2. The van der Waals surface area contributed by atoms with E-state index in [0.29, 0.717) is 31.0 Å². The fraction of sp³-hybridized carbons (Fsp3) is 0.286. The maximum Gasteiger partial charge on any atom is 0.247 e. The summed E-state index contributed by atoms with van der Waals surface area (Å²) in [4.78, 5) is 23.3. The molecule has 2 aromatic rings. The molecule has 0 aliphatic carbocycles. The monoisotopic (exact) mass is 286 g/mol. The lowest BCUT2D eigenvalue weighted by Gasteiger charge is -2.21. The molecule has 108 valence electrons. The van der Waals surface area contributed by atoms with Gasteiger partial charge in [0.2, 0.25) is 24.1 Å². The number of anilines is 1. The van der Waals surface area contributed by atoms with Crippen molar-refractivity contribution >= 4 is 17.5 Å². The van der Waals surface area contributed by atoms with Crippen LogP contribution in [-0.2, 0) is 9.59 Å². The summed E-state index contributed by atoms with van der Waals surface area (Å²) in [5.74, 6) is 0.0981. The molecule has 7 nitrogen and oxygen atoms in total. The van der Waals surface area contributed by atoms with Gasteiger partial charge in [0.1, 0.15) is 0 Å². The van der Waals surface area contributed by atoms with Crippen molar-refractivity contribution in [2.75, 3.05) is 11.9 Å². The molecule has 1 fully saturated rings. The Bertz CT molecular complexity index is 644. The molecule has 1 aliphatic heterocycles. The topological polar surface area (TPSA) is 97.1 Å². The summed E-state index contributed by atoms with van der Waals surface area (Å²) >= 11 is 0. The van der Waals surface area contributed by atoms with Crippen LogP contribution in [0.25, 0.3) is 11.5 Å². The van der Waals surface area contributed by atoms with Crippen LogP contribution in [0.5, 0.6) is 0 Å². The highest BCUT2D eigenvalue weighted by atomic mass is 16.4. The molecule has 21 heavy (non-hydrogen) atoms. The Labute approximate surface area is 120 Å². The Balaban J connectivity index is 1.69.